The molecule has 2 atom stereocenters. The van der Waals surface area contributed by atoms with Gasteiger partial charge in [0.1, 0.15) is 18.4 Å². The summed E-state index contributed by atoms with van der Waals surface area (Å²) in [6, 6.07) is 15.0. The van der Waals surface area contributed by atoms with Crippen LogP contribution in [0.2, 0.25) is 0 Å². The Morgan fingerprint density at radius 3 is 2.39 bits per heavy atom. The highest BCUT2D eigenvalue weighted by Crippen LogP contribution is 2.32. The van der Waals surface area contributed by atoms with Crippen LogP contribution < -0.4 is 5.32 Å². The van der Waals surface area contributed by atoms with Crippen molar-refractivity contribution in [1.29, 1.82) is 0 Å². The topological polar surface area (TPSA) is 93.0 Å². The Morgan fingerprint density at radius 1 is 1.03 bits per heavy atom. The number of nitrogens with one attached hydrogen (secondary N) is 1. The summed E-state index contributed by atoms with van der Waals surface area (Å²) in [5, 5.41) is 14.6. The number of hydrogen-bond acceptors (Lipinski definition) is 5. The van der Waals surface area contributed by atoms with Crippen LogP contribution in [0, 0.1) is 11.8 Å². The Hall–Kier alpha value is -3.55. The van der Waals surface area contributed by atoms with Crippen molar-refractivity contribution < 1.29 is 9.59 Å². The highest BCUT2D eigenvalue weighted by Gasteiger charge is 2.45. The Balaban J connectivity index is 1.46. The minimum absolute atomic E-state index is 0.00965. The van der Waals surface area contributed by atoms with E-state index < -0.39 is 12.1 Å². The smallest absolute Gasteiger partial charge is 0.246 e. The van der Waals surface area contributed by atoms with Crippen LogP contribution in [0.3, 0.4) is 0 Å². The minimum atomic E-state index is -0.520. The number of aromatic nitrogens is 4. The maximum atomic E-state index is 13.9. The number of carbonyl (C=O) groups excluding carboxylic acids is 2. The summed E-state index contributed by atoms with van der Waals surface area (Å²) in [6.07, 6.45) is 3.75. The van der Waals surface area contributed by atoms with E-state index in [0.29, 0.717) is 13.0 Å². The van der Waals surface area contributed by atoms with Crippen LogP contribution in [0.1, 0.15) is 37.0 Å². The van der Waals surface area contributed by atoms with Crippen molar-refractivity contribution in [3.63, 3.8) is 0 Å². The van der Waals surface area contributed by atoms with Crippen LogP contribution in [0.4, 0.5) is 0 Å². The fourth-order valence-corrected chi connectivity index (χ4v) is 5.13. The molecule has 0 bridgehead atoms. The number of piperazine rings is 1. The van der Waals surface area contributed by atoms with Gasteiger partial charge in [0.15, 0.2) is 0 Å². The van der Waals surface area contributed by atoms with Crippen molar-refractivity contribution in [3.05, 3.63) is 71.5 Å². The van der Waals surface area contributed by atoms with Crippen molar-refractivity contribution in [2.24, 2.45) is 11.8 Å². The highest BCUT2D eigenvalue weighted by molar-refractivity contribution is 5.97. The summed E-state index contributed by atoms with van der Waals surface area (Å²) in [6.45, 7) is 4.48. The molecule has 8 nitrogen and oxygen atoms in total. The molecule has 1 saturated heterocycles. The number of rotatable bonds is 6. The highest BCUT2D eigenvalue weighted by atomic mass is 16.2. The number of tetrazole rings is 1. The summed E-state index contributed by atoms with van der Waals surface area (Å²) in [4.78, 5) is 28.9. The summed E-state index contributed by atoms with van der Waals surface area (Å²) < 4.78 is 1.59. The lowest BCUT2D eigenvalue weighted by atomic mass is 9.89. The molecule has 2 heterocycles. The summed E-state index contributed by atoms with van der Waals surface area (Å²) in [7, 11) is 0. The van der Waals surface area contributed by atoms with Crippen LogP contribution in [0.5, 0.6) is 0 Å². The van der Waals surface area contributed by atoms with E-state index in [1.54, 1.807) is 9.58 Å². The standard InChI is InChI=1S/C25H28N6O2/c1-16(2)11-22-24(32)27-23(20-12-17-7-3-4-8-18(17)13-20)25(33)30(22)14-19-9-5-6-10-21(19)31-15-26-28-29-31/h3-10,15-16,20,22-23H,11-14H2,1-2H3,(H,27,32)/t22-,23-/m1/s1. The zero-order valence-electron chi connectivity index (χ0n) is 18.9. The van der Waals surface area contributed by atoms with E-state index in [1.807, 2.05) is 36.4 Å². The van der Waals surface area contributed by atoms with Crippen molar-refractivity contribution >= 4 is 11.8 Å². The van der Waals surface area contributed by atoms with E-state index in [1.165, 1.54) is 17.5 Å². The molecule has 2 aliphatic rings. The van der Waals surface area contributed by atoms with Gasteiger partial charge in [0.2, 0.25) is 11.8 Å². The van der Waals surface area contributed by atoms with Crippen molar-refractivity contribution in [2.45, 2.75) is 51.7 Å². The Bertz CT molecular complexity index is 1130. The second-order valence-corrected chi connectivity index (χ2v) is 9.42. The van der Waals surface area contributed by atoms with Gasteiger partial charge in [-0.25, -0.2) is 4.68 Å². The largest absolute Gasteiger partial charge is 0.342 e. The molecule has 0 spiro atoms. The molecule has 0 radical (unpaired) electrons. The number of carbonyl (C=O) groups is 2. The quantitative estimate of drug-likeness (QED) is 0.630. The third kappa shape index (κ3) is 4.13. The molecule has 170 valence electrons. The number of nitrogens with zero attached hydrogens (tertiary/aromatic N) is 5. The van der Waals surface area contributed by atoms with Crippen molar-refractivity contribution in [2.75, 3.05) is 0 Å². The molecule has 5 rings (SSSR count). The summed E-state index contributed by atoms with van der Waals surface area (Å²) in [5.74, 6) is 0.267. The summed E-state index contributed by atoms with van der Waals surface area (Å²) >= 11 is 0. The van der Waals surface area contributed by atoms with Crippen LogP contribution in [-0.4, -0.2) is 49.0 Å². The predicted octanol–water partition coefficient (Wildman–Crippen LogP) is 2.32. The predicted molar refractivity (Wildman–Crippen MR) is 122 cm³/mol. The molecule has 0 saturated carbocycles. The first-order chi connectivity index (χ1) is 16.0. The van der Waals surface area contributed by atoms with Crippen molar-refractivity contribution in [3.8, 4) is 5.69 Å². The molecule has 1 aliphatic carbocycles. The van der Waals surface area contributed by atoms with E-state index in [-0.39, 0.29) is 23.7 Å². The molecule has 8 heteroatoms. The number of benzene rings is 2. The average Bonchev–Trinajstić information content (AvgIpc) is 3.48. The minimum Gasteiger partial charge on any atom is -0.342 e. The maximum absolute atomic E-state index is 13.9. The zero-order valence-corrected chi connectivity index (χ0v) is 18.9. The first-order valence-corrected chi connectivity index (χ1v) is 11.5. The lowest BCUT2D eigenvalue weighted by Gasteiger charge is -2.41. The molecular formula is C25H28N6O2. The molecule has 1 aliphatic heterocycles. The van der Waals surface area contributed by atoms with E-state index in [4.69, 9.17) is 0 Å². The van der Waals surface area contributed by atoms with Crippen LogP contribution in [0.15, 0.2) is 54.9 Å². The Morgan fingerprint density at radius 2 is 1.73 bits per heavy atom. The van der Waals surface area contributed by atoms with Gasteiger partial charge < -0.3 is 10.2 Å². The van der Waals surface area contributed by atoms with E-state index in [2.05, 4.69) is 46.8 Å². The lowest BCUT2D eigenvalue weighted by molar-refractivity contribution is -0.152. The van der Waals surface area contributed by atoms with Gasteiger partial charge in [0, 0.05) is 6.54 Å². The average molecular weight is 445 g/mol. The van der Waals surface area contributed by atoms with E-state index in [9.17, 15) is 9.59 Å². The van der Waals surface area contributed by atoms with Gasteiger partial charge in [-0.3, -0.25) is 9.59 Å². The Kier molecular flexibility index (Phi) is 5.66. The van der Waals surface area contributed by atoms with Gasteiger partial charge in [0.25, 0.3) is 0 Å². The molecule has 33 heavy (non-hydrogen) atoms. The third-order valence-corrected chi connectivity index (χ3v) is 6.70. The maximum Gasteiger partial charge on any atom is 0.246 e. The van der Waals surface area contributed by atoms with E-state index in [0.717, 1.165) is 24.1 Å². The van der Waals surface area contributed by atoms with Gasteiger partial charge in [-0.15, -0.1) is 5.10 Å². The molecular weight excluding hydrogens is 416 g/mol. The summed E-state index contributed by atoms with van der Waals surface area (Å²) in [5.41, 5.74) is 4.23. The number of fused-ring (bicyclic) bond motifs is 1. The molecule has 1 aromatic heterocycles. The fourth-order valence-electron chi connectivity index (χ4n) is 5.13. The van der Waals surface area contributed by atoms with Gasteiger partial charge in [0.05, 0.1) is 5.69 Å². The van der Waals surface area contributed by atoms with Gasteiger partial charge in [-0.1, -0.05) is 56.3 Å². The van der Waals surface area contributed by atoms with Gasteiger partial charge >= 0.3 is 0 Å². The first-order valence-electron chi connectivity index (χ1n) is 11.5. The van der Waals surface area contributed by atoms with Crippen molar-refractivity contribution in [1.82, 2.24) is 30.4 Å². The second kappa shape index (κ2) is 8.77. The fraction of sp³-hybridized carbons (Fsp3) is 0.400. The normalized spacial score (nSPS) is 20.9. The first kappa shape index (κ1) is 21.3. The molecule has 2 amide bonds. The number of amides is 2. The molecule has 0 unspecified atom stereocenters. The molecule has 2 aromatic carbocycles. The van der Waals surface area contributed by atoms with Crippen LogP contribution in [0.25, 0.3) is 5.69 Å². The van der Waals surface area contributed by atoms with Gasteiger partial charge in [-0.05, 0) is 64.3 Å². The zero-order chi connectivity index (χ0) is 22.9. The SMILES string of the molecule is CC(C)C[C@@H]1C(=O)N[C@H](C2Cc3ccccc3C2)C(=O)N1Cc1ccccc1-n1cnnn1. The lowest BCUT2D eigenvalue weighted by Crippen LogP contribution is -2.65. The molecule has 1 N–H and O–H groups in total. The second-order valence-electron chi connectivity index (χ2n) is 9.42. The monoisotopic (exact) mass is 444 g/mol. The van der Waals surface area contributed by atoms with E-state index >= 15 is 0 Å². The van der Waals surface area contributed by atoms with Gasteiger partial charge in [-0.2, -0.15) is 0 Å². The third-order valence-electron chi connectivity index (χ3n) is 6.70. The number of para-hydroxylation sites is 1. The molecule has 1 fully saturated rings. The van der Waals surface area contributed by atoms with Crippen LogP contribution >= 0.6 is 0 Å². The Labute approximate surface area is 193 Å². The van der Waals surface area contributed by atoms with Crippen LogP contribution in [-0.2, 0) is 29.0 Å². The molecule has 3 aromatic rings. The number of hydrogen-bond donors (Lipinski definition) is 1.